The lowest BCUT2D eigenvalue weighted by atomic mass is 10.1. The van der Waals surface area contributed by atoms with Crippen LogP contribution in [0.25, 0.3) is 11.1 Å². The number of nitrogens with zero attached hydrogens (tertiary/aromatic N) is 3. The van der Waals surface area contributed by atoms with E-state index in [4.69, 9.17) is 0 Å². The summed E-state index contributed by atoms with van der Waals surface area (Å²) >= 11 is 0. The minimum atomic E-state index is -0.273. The summed E-state index contributed by atoms with van der Waals surface area (Å²) in [6.45, 7) is 2.05. The third-order valence-corrected chi connectivity index (χ3v) is 3.28. The Hall–Kier alpha value is -3.08. The molecule has 1 aromatic heterocycles. The molecule has 3 rings (SSSR count). The maximum Gasteiger partial charge on any atom is 0.243 e. The number of rotatable bonds is 4. The summed E-state index contributed by atoms with van der Waals surface area (Å²) in [7, 11) is 0. The van der Waals surface area contributed by atoms with Gasteiger partial charge in [-0.2, -0.15) is 5.10 Å². The predicted octanol–water partition coefficient (Wildman–Crippen LogP) is 4.04. The molecule has 1 N–H and O–H groups in total. The van der Waals surface area contributed by atoms with Gasteiger partial charge in [-0.1, -0.05) is 42.0 Å². The molecule has 0 fully saturated rings. The van der Waals surface area contributed by atoms with Crippen LogP contribution in [0.3, 0.4) is 0 Å². The van der Waals surface area contributed by atoms with Gasteiger partial charge in [0.2, 0.25) is 5.95 Å². The van der Waals surface area contributed by atoms with E-state index >= 15 is 0 Å². The normalized spacial score (nSPS) is 10.9. The number of aryl methyl sites for hydroxylation is 1. The first-order valence-electron chi connectivity index (χ1n) is 7.14. The molecule has 0 unspecified atom stereocenters. The number of halogens is 1. The summed E-state index contributed by atoms with van der Waals surface area (Å²) in [6.07, 6.45) is 5.07. The molecule has 0 bridgehead atoms. The van der Waals surface area contributed by atoms with E-state index in [-0.39, 0.29) is 5.82 Å². The molecule has 0 saturated heterocycles. The van der Waals surface area contributed by atoms with Crippen molar-refractivity contribution in [1.29, 1.82) is 0 Å². The van der Waals surface area contributed by atoms with Gasteiger partial charge in [0.15, 0.2) is 0 Å². The number of hydrazone groups is 1. The lowest BCUT2D eigenvalue weighted by Crippen LogP contribution is -1.96. The SMILES string of the molecule is Cc1ccc(-c2cnc(N/N=C/c3ccc(F)cc3)nc2)cc1. The van der Waals surface area contributed by atoms with Crippen LogP contribution in [0.2, 0.25) is 0 Å². The van der Waals surface area contributed by atoms with Gasteiger partial charge >= 0.3 is 0 Å². The van der Waals surface area contributed by atoms with Crippen LogP contribution in [0.4, 0.5) is 10.3 Å². The number of aromatic nitrogens is 2. The first kappa shape index (κ1) is 14.8. The zero-order chi connectivity index (χ0) is 16.1. The van der Waals surface area contributed by atoms with Crippen molar-refractivity contribution in [3.05, 3.63) is 77.9 Å². The Kier molecular flexibility index (Phi) is 4.38. The van der Waals surface area contributed by atoms with Crippen LogP contribution in [0.15, 0.2) is 66.0 Å². The highest BCUT2D eigenvalue weighted by Gasteiger charge is 1.99. The van der Waals surface area contributed by atoms with E-state index in [0.717, 1.165) is 16.7 Å². The number of benzene rings is 2. The van der Waals surface area contributed by atoms with Crippen LogP contribution in [0.5, 0.6) is 0 Å². The topological polar surface area (TPSA) is 50.2 Å². The Bertz CT molecular complexity index is 794. The average Bonchev–Trinajstić information content (AvgIpc) is 2.58. The zero-order valence-electron chi connectivity index (χ0n) is 12.6. The fourth-order valence-electron chi connectivity index (χ4n) is 1.99. The van der Waals surface area contributed by atoms with Crippen LogP contribution < -0.4 is 5.43 Å². The predicted molar refractivity (Wildman–Crippen MR) is 89.8 cm³/mol. The van der Waals surface area contributed by atoms with Gasteiger partial charge in [-0.05, 0) is 30.2 Å². The molecule has 0 aliphatic rings. The highest BCUT2D eigenvalue weighted by molar-refractivity contribution is 5.79. The molecule has 2 aromatic carbocycles. The summed E-state index contributed by atoms with van der Waals surface area (Å²) in [5.41, 5.74) is 6.76. The summed E-state index contributed by atoms with van der Waals surface area (Å²) in [5.74, 6) is 0.129. The average molecular weight is 306 g/mol. The standard InChI is InChI=1S/C18H15FN4/c1-13-2-6-15(7-3-13)16-11-20-18(21-12-16)23-22-10-14-4-8-17(19)9-5-14/h2-12H,1H3,(H,20,21,23)/b22-10+. The van der Waals surface area contributed by atoms with Crippen molar-refractivity contribution in [1.82, 2.24) is 9.97 Å². The smallest absolute Gasteiger partial charge is 0.243 e. The van der Waals surface area contributed by atoms with Crippen LogP contribution >= 0.6 is 0 Å². The van der Waals surface area contributed by atoms with Gasteiger partial charge in [0.05, 0.1) is 6.21 Å². The molecule has 1 heterocycles. The first-order chi connectivity index (χ1) is 11.2. The fraction of sp³-hybridized carbons (Fsp3) is 0.0556. The van der Waals surface area contributed by atoms with Gasteiger partial charge < -0.3 is 0 Å². The quantitative estimate of drug-likeness (QED) is 0.584. The van der Waals surface area contributed by atoms with Gasteiger partial charge in [-0.3, -0.25) is 0 Å². The van der Waals surface area contributed by atoms with Gasteiger partial charge in [0.25, 0.3) is 0 Å². The van der Waals surface area contributed by atoms with Gasteiger partial charge in [0, 0.05) is 18.0 Å². The summed E-state index contributed by atoms with van der Waals surface area (Å²) in [5, 5.41) is 4.03. The van der Waals surface area contributed by atoms with Crippen LogP contribution in [0, 0.1) is 12.7 Å². The molecule has 0 aliphatic carbocycles. The molecular formula is C18H15FN4. The largest absolute Gasteiger partial charge is 0.245 e. The Morgan fingerprint density at radius 2 is 1.57 bits per heavy atom. The second-order valence-corrected chi connectivity index (χ2v) is 5.08. The molecule has 0 aliphatic heterocycles. The van der Waals surface area contributed by atoms with Crippen molar-refractivity contribution in [2.75, 3.05) is 5.43 Å². The molecule has 5 heteroatoms. The maximum atomic E-state index is 12.8. The summed E-state index contributed by atoms with van der Waals surface area (Å²) in [4.78, 5) is 8.45. The molecule has 0 amide bonds. The van der Waals surface area contributed by atoms with E-state index in [1.165, 1.54) is 17.7 Å². The first-order valence-corrected chi connectivity index (χ1v) is 7.14. The molecular weight excluding hydrogens is 291 g/mol. The van der Waals surface area contributed by atoms with E-state index < -0.39 is 0 Å². The molecule has 3 aromatic rings. The number of anilines is 1. The number of nitrogens with one attached hydrogen (secondary N) is 1. The third-order valence-electron chi connectivity index (χ3n) is 3.28. The third kappa shape index (κ3) is 3.97. The molecule has 23 heavy (non-hydrogen) atoms. The van der Waals surface area contributed by atoms with Crippen molar-refractivity contribution in [3.8, 4) is 11.1 Å². The fourth-order valence-corrected chi connectivity index (χ4v) is 1.99. The van der Waals surface area contributed by atoms with Crippen LogP contribution in [0.1, 0.15) is 11.1 Å². The Morgan fingerprint density at radius 3 is 2.22 bits per heavy atom. The van der Waals surface area contributed by atoms with E-state index in [9.17, 15) is 4.39 Å². The highest BCUT2D eigenvalue weighted by atomic mass is 19.1. The second kappa shape index (κ2) is 6.79. The van der Waals surface area contributed by atoms with Crippen molar-refractivity contribution in [2.45, 2.75) is 6.92 Å². The Morgan fingerprint density at radius 1 is 0.913 bits per heavy atom. The lowest BCUT2D eigenvalue weighted by molar-refractivity contribution is 0.628. The lowest BCUT2D eigenvalue weighted by Gasteiger charge is -2.03. The van der Waals surface area contributed by atoms with Gasteiger partial charge in [0.1, 0.15) is 5.82 Å². The van der Waals surface area contributed by atoms with Gasteiger partial charge in [-0.15, -0.1) is 0 Å². The molecule has 0 radical (unpaired) electrons. The zero-order valence-corrected chi connectivity index (χ0v) is 12.6. The van der Waals surface area contributed by atoms with E-state index in [0.29, 0.717) is 5.95 Å². The molecule has 0 saturated carbocycles. The minimum Gasteiger partial charge on any atom is -0.245 e. The Balaban J connectivity index is 1.65. The van der Waals surface area contributed by atoms with Crippen LogP contribution in [-0.2, 0) is 0 Å². The molecule has 0 atom stereocenters. The van der Waals surface area contributed by atoms with E-state index in [1.54, 1.807) is 30.7 Å². The molecule has 114 valence electrons. The monoisotopic (exact) mass is 306 g/mol. The van der Waals surface area contributed by atoms with Crippen molar-refractivity contribution in [3.63, 3.8) is 0 Å². The minimum absolute atomic E-state index is 0.273. The van der Waals surface area contributed by atoms with Crippen molar-refractivity contribution < 1.29 is 4.39 Å². The van der Waals surface area contributed by atoms with Crippen molar-refractivity contribution >= 4 is 12.2 Å². The van der Waals surface area contributed by atoms with E-state index in [1.807, 2.05) is 19.1 Å². The Labute approximate surface area is 133 Å². The molecule has 4 nitrogen and oxygen atoms in total. The maximum absolute atomic E-state index is 12.8. The second-order valence-electron chi connectivity index (χ2n) is 5.08. The summed E-state index contributed by atoms with van der Waals surface area (Å²) < 4.78 is 12.8. The molecule has 0 spiro atoms. The van der Waals surface area contributed by atoms with Gasteiger partial charge in [-0.25, -0.2) is 19.8 Å². The number of hydrogen-bond donors (Lipinski definition) is 1. The van der Waals surface area contributed by atoms with E-state index in [2.05, 4.69) is 32.6 Å². The van der Waals surface area contributed by atoms with Crippen LogP contribution in [-0.4, -0.2) is 16.2 Å². The number of hydrogen-bond acceptors (Lipinski definition) is 4. The van der Waals surface area contributed by atoms with Crippen molar-refractivity contribution in [2.24, 2.45) is 5.10 Å². The summed E-state index contributed by atoms with van der Waals surface area (Å²) in [6, 6.07) is 14.2. The highest BCUT2D eigenvalue weighted by Crippen LogP contribution is 2.18.